The summed E-state index contributed by atoms with van der Waals surface area (Å²) in [4.78, 5) is 27.4. The van der Waals surface area contributed by atoms with E-state index in [0.717, 1.165) is 25.3 Å². The van der Waals surface area contributed by atoms with Gasteiger partial charge >= 0.3 is 5.97 Å². The third-order valence-electron chi connectivity index (χ3n) is 3.90. The molecular formula is C16H22N2O3. The molecule has 1 unspecified atom stereocenters. The van der Waals surface area contributed by atoms with Crippen molar-refractivity contribution in [3.8, 4) is 0 Å². The SMILES string of the molecule is CCC(=O)N1CCN(c2ccc(C(=O)OC)cc2)CC1C. The molecule has 1 amide bonds. The van der Waals surface area contributed by atoms with Crippen LogP contribution in [0.3, 0.4) is 0 Å². The van der Waals surface area contributed by atoms with E-state index in [2.05, 4.69) is 11.8 Å². The summed E-state index contributed by atoms with van der Waals surface area (Å²) in [5, 5.41) is 0. The second-order valence-electron chi connectivity index (χ2n) is 5.27. The van der Waals surface area contributed by atoms with Crippen molar-refractivity contribution in [2.24, 2.45) is 0 Å². The molecule has 0 saturated carbocycles. The molecule has 0 spiro atoms. The second kappa shape index (κ2) is 6.61. The first-order valence-electron chi connectivity index (χ1n) is 7.29. The molecule has 5 heteroatoms. The summed E-state index contributed by atoms with van der Waals surface area (Å²) in [6.07, 6.45) is 0.554. The van der Waals surface area contributed by atoms with Crippen LogP contribution >= 0.6 is 0 Å². The molecule has 1 heterocycles. The smallest absolute Gasteiger partial charge is 0.337 e. The topological polar surface area (TPSA) is 49.9 Å². The first-order chi connectivity index (χ1) is 10.1. The third-order valence-corrected chi connectivity index (χ3v) is 3.90. The number of amides is 1. The Morgan fingerprint density at radius 1 is 1.24 bits per heavy atom. The van der Waals surface area contributed by atoms with E-state index in [4.69, 9.17) is 4.74 Å². The summed E-state index contributed by atoms with van der Waals surface area (Å²) >= 11 is 0. The predicted octanol–water partition coefficient (Wildman–Crippen LogP) is 1.92. The Morgan fingerprint density at radius 2 is 1.90 bits per heavy atom. The van der Waals surface area contributed by atoms with Crippen LogP contribution < -0.4 is 4.90 Å². The average molecular weight is 290 g/mol. The Bertz CT molecular complexity index is 513. The van der Waals surface area contributed by atoms with E-state index in [0.29, 0.717) is 12.0 Å². The molecule has 21 heavy (non-hydrogen) atoms. The Hall–Kier alpha value is -2.04. The van der Waals surface area contributed by atoms with Crippen molar-refractivity contribution in [1.29, 1.82) is 0 Å². The maximum atomic E-state index is 11.8. The molecule has 0 aliphatic carbocycles. The van der Waals surface area contributed by atoms with Crippen molar-refractivity contribution in [2.75, 3.05) is 31.6 Å². The minimum atomic E-state index is -0.326. The van der Waals surface area contributed by atoms with E-state index in [1.165, 1.54) is 7.11 Å². The monoisotopic (exact) mass is 290 g/mol. The molecule has 1 atom stereocenters. The standard InChI is InChI=1S/C16H22N2O3/c1-4-15(19)18-10-9-17(11-12(18)2)14-7-5-13(6-8-14)16(20)21-3/h5-8,12H,4,9-11H2,1-3H3. The normalized spacial score (nSPS) is 18.5. The molecule has 0 bridgehead atoms. The Balaban J connectivity index is 2.04. The third kappa shape index (κ3) is 3.35. The summed E-state index contributed by atoms with van der Waals surface area (Å²) in [7, 11) is 1.38. The first kappa shape index (κ1) is 15.4. The molecule has 1 fully saturated rings. The lowest BCUT2D eigenvalue weighted by Crippen LogP contribution is -2.54. The zero-order valence-electron chi connectivity index (χ0n) is 12.8. The van der Waals surface area contributed by atoms with Crippen molar-refractivity contribution in [2.45, 2.75) is 26.3 Å². The largest absolute Gasteiger partial charge is 0.465 e. The van der Waals surface area contributed by atoms with Gasteiger partial charge in [0.25, 0.3) is 0 Å². The van der Waals surface area contributed by atoms with Crippen LogP contribution in [-0.2, 0) is 9.53 Å². The number of hydrogen-bond acceptors (Lipinski definition) is 4. The van der Waals surface area contributed by atoms with E-state index in [-0.39, 0.29) is 17.9 Å². The van der Waals surface area contributed by atoms with Gasteiger partial charge in [0.15, 0.2) is 0 Å². The fraction of sp³-hybridized carbons (Fsp3) is 0.500. The van der Waals surface area contributed by atoms with Gasteiger partial charge in [-0.3, -0.25) is 4.79 Å². The maximum Gasteiger partial charge on any atom is 0.337 e. The average Bonchev–Trinajstić information content (AvgIpc) is 2.53. The number of carbonyl (C=O) groups is 2. The number of esters is 1. The van der Waals surface area contributed by atoms with Gasteiger partial charge in [-0.25, -0.2) is 4.79 Å². The summed E-state index contributed by atoms with van der Waals surface area (Å²) in [6, 6.07) is 7.60. The Labute approximate surface area is 125 Å². The highest BCUT2D eigenvalue weighted by Crippen LogP contribution is 2.20. The zero-order valence-corrected chi connectivity index (χ0v) is 12.8. The van der Waals surface area contributed by atoms with Crippen molar-refractivity contribution in [3.63, 3.8) is 0 Å². The molecular weight excluding hydrogens is 268 g/mol. The van der Waals surface area contributed by atoms with Crippen LogP contribution in [0.25, 0.3) is 0 Å². The quantitative estimate of drug-likeness (QED) is 0.798. The molecule has 1 saturated heterocycles. The summed E-state index contributed by atoms with van der Waals surface area (Å²) in [6.45, 7) is 6.33. The lowest BCUT2D eigenvalue weighted by Gasteiger charge is -2.41. The summed E-state index contributed by atoms with van der Waals surface area (Å²) in [5.74, 6) is -0.114. The molecule has 114 valence electrons. The zero-order chi connectivity index (χ0) is 15.4. The lowest BCUT2D eigenvalue weighted by molar-refractivity contribution is -0.133. The van der Waals surface area contributed by atoms with E-state index in [1.807, 2.05) is 24.0 Å². The van der Waals surface area contributed by atoms with Gasteiger partial charge in [0.2, 0.25) is 5.91 Å². The number of ether oxygens (including phenoxy) is 1. The van der Waals surface area contributed by atoms with Crippen molar-refractivity contribution in [1.82, 2.24) is 4.90 Å². The number of rotatable bonds is 3. The van der Waals surface area contributed by atoms with Crippen LogP contribution in [0.1, 0.15) is 30.6 Å². The van der Waals surface area contributed by atoms with Crippen LogP contribution in [0.15, 0.2) is 24.3 Å². The van der Waals surface area contributed by atoms with Crippen LogP contribution in [0.4, 0.5) is 5.69 Å². The number of benzene rings is 1. The number of piperazine rings is 1. The van der Waals surface area contributed by atoms with Gasteiger partial charge in [-0.05, 0) is 31.2 Å². The van der Waals surface area contributed by atoms with Crippen molar-refractivity contribution >= 4 is 17.6 Å². The van der Waals surface area contributed by atoms with Gasteiger partial charge in [-0.15, -0.1) is 0 Å². The Morgan fingerprint density at radius 3 is 2.43 bits per heavy atom. The molecule has 1 aromatic carbocycles. The van der Waals surface area contributed by atoms with E-state index >= 15 is 0 Å². The molecule has 0 radical (unpaired) electrons. The molecule has 1 aliphatic heterocycles. The number of nitrogens with zero attached hydrogens (tertiary/aromatic N) is 2. The molecule has 0 N–H and O–H groups in total. The van der Waals surface area contributed by atoms with Gasteiger partial charge in [0.05, 0.1) is 12.7 Å². The minimum Gasteiger partial charge on any atom is -0.465 e. The highest BCUT2D eigenvalue weighted by atomic mass is 16.5. The molecule has 0 aromatic heterocycles. The minimum absolute atomic E-state index is 0.200. The highest BCUT2D eigenvalue weighted by molar-refractivity contribution is 5.89. The maximum absolute atomic E-state index is 11.8. The van der Waals surface area contributed by atoms with E-state index in [1.54, 1.807) is 12.1 Å². The highest BCUT2D eigenvalue weighted by Gasteiger charge is 2.26. The number of anilines is 1. The Kier molecular flexibility index (Phi) is 4.83. The number of hydrogen-bond donors (Lipinski definition) is 0. The van der Waals surface area contributed by atoms with Gasteiger partial charge < -0.3 is 14.5 Å². The van der Waals surface area contributed by atoms with Gasteiger partial charge in [0.1, 0.15) is 0 Å². The fourth-order valence-corrected chi connectivity index (χ4v) is 2.69. The number of carbonyl (C=O) groups excluding carboxylic acids is 2. The van der Waals surface area contributed by atoms with Crippen molar-refractivity contribution in [3.05, 3.63) is 29.8 Å². The second-order valence-corrected chi connectivity index (χ2v) is 5.27. The summed E-state index contributed by atoms with van der Waals surface area (Å²) in [5.41, 5.74) is 1.62. The van der Waals surface area contributed by atoms with Crippen LogP contribution in [0.5, 0.6) is 0 Å². The molecule has 1 aromatic rings. The van der Waals surface area contributed by atoms with Gasteiger partial charge in [-0.2, -0.15) is 0 Å². The summed E-state index contributed by atoms with van der Waals surface area (Å²) < 4.78 is 4.69. The van der Waals surface area contributed by atoms with E-state index < -0.39 is 0 Å². The van der Waals surface area contributed by atoms with Gasteiger partial charge in [0, 0.05) is 37.8 Å². The van der Waals surface area contributed by atoms with Crippen LogP contribution in [0, 0.1) is 0 Å². The van der Waals surface area contributed by atoms with Crippen LogP contribution in [-0.4, -0.2) is 49.6 Å². The number of methoxy groups -OCH3 is 1. The van der Waals surface area contributed by atoms with E-state index in [9.17, 15) is 9.59 Å². The lowest BCUT2D eigenvalue weighted by atomic mass is 10.1. The molecule has 5 nitrogen and oxygen atoms in total. The predicted molar refractivity (Wildman–Crippen MR) is 81.5 cm³/mol. The molecule has 1 aliphatic rings. The van der Waals surface area contributed by atoms with Crippen LogP contribution in [0.2, 0.25) is 0 Å². The molecule has 2 rings (SSSR count). The fourth-order valence-electron chi connectivity index (χ4n) is 2.69. The van der Waals surface area contributed by atoms with Crippen molar-refractivity contribution < 1.29 is 14.3 Å². The van der Waals surface area contributed by atoms with Gasteiger partial charge in [-0.1, -0.05) is 6.92 Å². The first-order valence-corrected chi connectivity index (χ1v) is 7.29.